The number of hydrogen-bond donors (Lipinski definition) is 5. The van der Waals surface area contributed by atoms with E-state index in [1.165, 1.54) is 17.2 Å². The van der Waals surface area contributed by atoms with Gasteiger partial charge in [-0.2, -0.15) is 5.10 Å². The van der Waals surface area contributed by atoms with Gasteiger partial charge in [0.05, 0.1) is 32.3 Å². The fourth-order valence-electron chi connectivity index (χ4n) is 2.49. The summed E-state index contributed by atoms with van der Waals surface area (Å²) in [5, 5.41) is 46.2. The molecule has 0 aliphatic carbocycles. The van der Waals surface area contributed by atoms with E-state index in [-0.39, 0.29) is 13.2 Å². The molecule has 1 saturated heterocycles. The molecule has 1 aromatic heterocycles. The largest absolute Gasteiger partial charge is 0.391 e. The predicted octanol–water partition coefficient (Wildman–Crippen LogP) is -2.23. The molecule has 0 aromatic carbocycles. The van der Waals surface area contributed by atoms with Gasteiger partial charge >= 0.3 is 0 Å². The second kappa shape index (κ2) is 4.79. The van der Waals surface area contributed by atoms with Crippen molar-refractivity contribution in [1.82, 2.24) is 9.78 Å². The number of anilines is 1. The number of hydrogen-bond acceptors (Lipinski definition) is 8. The van der Waals surface area contributed by atoms with Crippen LogP contribution in [0.1, 0.15) is 11.7 Å². The third kappa shape index (κ3) is 1.75. The minimum atomic E-state index is -1.59. The van der Waals surface area contributed by atoms with E-state index in [9.17, 15) is 20.4 Å². The zero-order valence-corrected chi connectivity index (χ0v) is 10.5. The van der Waals surface area contributed by atoms with Crippen LogP contribution in [0.5, 0.6) is 0 Å². The van der Waals surface area contributed by atoms with E-state index in [1.807, 2.05) is 0 Å². The van der Waals surface area contributed by atoms with Crippen molar-refractivity contribution in [3.05, 3.63) is 11.8 Å². The smallest absolute Gasteiger partial charge is 0.214 e. The maximum Gasteiger partial charge on any atom is 0.214 e. The topological polar surface area (TPSA) is 132 Å². The highest BCUT2D eigenvalue weighted by atomic mass is 16.6. The standard InChI is InChI=1S/C11H16N4O5/c16-4-11(9(19)8(18)3-20-11)15-10-6(1-14-15)7(17)2-12-5-13-10/h1,5,7-9,16-19H,2-4H2,(H,12,13)/t7?,8-,9-,11-/m0/s1. The van der Waals surface area contributed by atoms with Gasteiger partial charge in [-0.3, -0.25) is 4.99 Å². The van der Waals surface area contributed by atoms with E-state index in [0.717, 1.165) is 0 Å². The van der Waals surface area contributed by atoms with Crippen LogP contribution >= 0.6 is 0 Å². The van der Waals surface area contributed by atoms with Crippen LogP contribution in [0.4, 0.5) is 5.82 Å². The van der Waals surface area contributed by atoms with Crippen LogP contribution in [0.3, 0.4) is 0 Å². The first-order valence-electron chi connectivity index (χ1n) is 6.22. The Labute approximate surface area is 114 Å². The normalized spacial score (nSPS) is 36.5. The van der Waals surface area contributed by atoms with Crippen LogP contribution in [0.2, 0.25) is 0 Å². The molecular formula is C11H16N4O5. The molecule has 2 aliphatic rings. The van der Waals surface area contributed by atoms with E-state index < -0.39 is 30.6 Å². The van der Waals surface area contributed by atoms with Crippen molar-refractivity contribution < 1.29 is 25.2 Å². The summed E-state index contributed by atoms with van der Waals surface area (Å²) in [7, 11) is 0. The maximum atomic E-state index is 10.1. The number of aromatic nitrogens is 2. The lowest BCUT2D eigenvalue weighted by atomic mass is 10.1. The first kappa shape index (κ1) is 13.5. The first-order chi connectivity index (χ1) is 9.60. The summed E-state index contributed by atoms with van der Waals surface area (Å²) in [5.74, 6) is 0.362. The fraction of sp³-hybridized carbons (Fsp3) is 0.636. The van der Waals surface area contributed by atoms with E-state index in [2.05, 4.69) is 15.4 Å². The van der Waals surface area contributed by atoms with Gasteiger partial charge in [0.2, 0.25) is 5.72 Å². The van der Waals surface area contributed by atoms with Crippen molar-refractivity contribution in [1.29, 1.82) is 0 Å². The molecule has 1 fully saturated rings. The molecule has 0 spiro atoms. The van der Waals surface area contributed by atoms with Crippen molar-refractivity contribution in [3.63, 3.8) is 0 Å². The second-order valence-corrected chi connectivity index (χ2v) is 4.84. The summed E-state index contributed by atoms with van der Waals surface area (Å²) in [6.45, 7) is -0.509. The molecule has 0 bridgehead atoms. The molecule has 3 heterocycles. The van der Waals surface area contributed by atoms with Crippen LogP contribution in [0.25, 0.3) is 0 Å². The highest BCUT2D eigenvalue weighted by Gasteiger charge is 2.52. The predicted molar refractivity (Wildman–Crippen MR) is 67.2 cm³/mol. The summed E-state index contributed by atoms with van der Waals surface area (Å²) in [6.07, 6.45) is -0.484. The molecule has 2 aliphatic heterocycles. The van der Waals surface area contributed by atoms with Crippen molar-refractivity contribution in [3.8, 4) is 0 Å². The van der Waals surface area contributed by atoms with E-state index >= 15 is 0 Å². The number of aliphatic imine (C=N–C) groups is 1. The molecule has 110 valence electrons. The van der Waals surface area contributed by atoms with Crippen molar-refractivity contribution in [2.75, 3.05) is 25.1 Å². The van der Waals surface area contributed by atoms with Crippen LogP contribution in [-0.2, 0) is 10.5 Å². The van der Waals surface area contributed by atoms with E-state index in [1.54, 1.807) is 0 Å². The molecule has 1 unspecified atom stereocenters. The lowest BCUT2D eigenvalue weighted by molar-refractivity contribution is -0.157. The number of nitrogens with zero attached hydrogens (tertiary/aromatic N) is 3. The zero-order chi connectivity index (χ0) is 14.3. The molecule has 1 aromatic rings. The lowest BCUT2D eigenvalue weighted by Crippen LogP contribution is -2.49. The van der Waals surface area contributed by atoms with Gasteiger partial charge in [0.1, 0.15) is 24.1 Å². The Morgan fingerprint density at radius 1 is 1.45 bits per heavy atom. The summed E-state index contributed by atoms with van der Waals surface area (Å²) >= 11 is 0. The SMILES string of the molecule is OC[C@]1(n2ncc3c2NC=NCC3O)OC[C@H](O)[C@@H]1O. The van der Waals surface area contributed by atoms with Gasteiger partial charge in [-0.05, 0) is 0 Å². The van der Waals surface area contributed by atoms with Crippen LogP contribution in [-0.4, -0.2) is 68.5 Å². The highest BCUT2D eigenvalue weighted by Crippen LogP contribution is 2.36. The molecule has 9 nitrogen and oxygen atoms in total. The summed E-state index contributed by atoms with van der Waals surface area (Å²) < 4.78 is 6.62. The molecule has 0 saturated carbocycles. The molecule has 20 heavy (non-hydrogen) atoms. The average Bonchev–Trinajstić information content (AvgIpc) is 2.93. The third-order valence-corrected chi connectivity index (χ3v) is 3.64. The molecular weight excluding hydrogens is 268 g/mol. The van der Waals surface area contributed by atoms with E-state index in [4.69, 9.17) is 4.74 Å². The second-order valence-electron chi connectivity index (χ2n) is 4.84. The summed E-state index contributed by atoms with van der Waals surface area (Å²) in [4.78, 5) is 3.95. The Balaban J connectivity index is 2.08. The van der Waals surface area contributed by atoms with Gasteiger partial charge < -0.3 is 30.5 Å². The number of rotatable bonds is 2. The molecule has 5 N–H and O–H groups in total. The quantitative estimate of drug-likeness (QED) is 0.415. The Hall–Kier alpha value is -1.52. The Bertz CT molecular complexity index is 533. The van der Waals surface area contributed by atoms with Gasteiger partial charge in [-0.15, -0.1) is 0 Å². The fourth-order valence-corrected chi connectivity index (χ4v) is 2.49. The Morgan fingerprint density at radius 2 is 2.25 bits per heavy atom. The lowest BCUT2D eigenvalue weighted by Gasteiger charge is -2.31. The zero-order valence-electron chi connectivity index (χ0n) is 10.5. The minimum absolute atomic E-state index is 0.118. The van der Waals surface area contributed by atoms with Crippen molar-refractivity contribution in [2.24, 2.45) is 4.99 Å². The molecule has 0 radical (unpaired) electrons. The average molecular weight is 284 g/mol. The van der Waals surface area contributed by atoms with E-state index in [0.29, 0.717) is 11.4 Å². The number of nitrogens with one attached hydrogen (secondary N) is 1. The molecule has 9 heteroatoms. The Morgan fingerprint density at radius 3 is 2.90 bits per heavy atom. The number of aliphatic hydroxyl groups is 4. The monoisotopic (exact) mass is 284 g/mol. The first-order valence-corrected chi connectivity index (χ1v) is 6.22. The van der Waals surface area contributed by atoms with Crippen LogP contribution in [0, 0.1) is 0 Å². The van der Waals surface area contributed by atoms with Gasteiger partial charge in [0.25, 0.3) is 0 Å². The van der Waals surface area contributed by atoms with Crippen molar-refractivity contribution >= 4 is 12.2 Å². The number of ether oxygens (including phenoxy) is 1. The number of aliphatic hydroxyl groups excluding tert-OH is 4. The molecule has 3 rings (SSSR count). The van der Waals surface area contributed by atoms with Gasteiger partial charge in [0.15, 0.2) is 0 Å². The van der Waals surface area contributed by atoms with Gasteiger partial charge in [0, 0.05) is 5.56 Å². The van der Waals surface area contributed by atoms with Crippen molar-refractivity contribution in [2.45, 2.75) is 24.0 Å². The third-order valence-electron chi connectivity index (χ3n) is 3.64. The molecule has 0 amide bonds. The maximum absolute atomic E-state index is 10.1. The highest BCUT2D eigenvalue weighted by molar-refractivity contribution is 5.76. The summed E-state index contributed by atoms with van der Waals surface area (Å²) in [5.41, 5.74) is -1.11. The minimum Gasteiger partial charge on any atom is -0.391 e. The Kier molecular flexibility index (Phi) is 3.22. The number of fused-ring (bicyclic) bond motifs is 1. The van der Waals surface area contributed by atoms with Gasteiger partial charge in [-0.25, -0.2) is 4.68 Å². The van der Waals surface area contributed by atoms with Crippen LogP contribution < -0.4 is 5.32 Å². The summed E-state index contributed by atoms with van der Waals surface area (Å²) in [6, 6.07) is 0. The molecule has 4 atom stereocenters. The van der Waals surface area contributed by atoms with Gasteiger partial charge in [-0.1, -0.05) is 0 Å². The van der Waals surface area contributed by atoms with Crippen LogP contribution in [0.15, 0.2) is 11.2 Å².